The Balaban J connectivity index is 3.03. The summed E-state index contributed by atoms with van der Waals surface area (Å²) in [5, 5.41) is 9.67. The van der Waals surface area contributed by atoms with Crippen molar-refractivity contribution in [3.8, 4) is 0 Å². The maximum atomic E-state index is 9.46. The van der Waals surface area contributed by atoms with Gasteiger partial charge in [-0.15, -0.1) is 0 Å². The molecule has 2 nitrogen and oxygen atoms in total. The van der Waals surface area contributed by atoms with E-state index in [-0.39, 0.29) is 11.6 Å². The van der Waals surface area contributed by atoms with Gasteiger partial charge in [0.15, 0.2) is 8.32 Å². The average Bonchev–Trinajstić information content (AvgIpc) is 2.34. The lowest BCUT2D eigenvalue weighted by molar-refractivity contribution is 0.271. The topological polar surface area (TPSA) is 29.5 Å². The second-order valence-corrected chi connectivity index (χ2v) is 12.6. The summed E-state index contributed by atoms with van der Waals surface area (Å²) in [6.45, 7) is 16.1. The Morgan fingerprint density at radius 2 is 1.65 bits per heavy atom. The first kappa shape index (κ1) is 17.9. The Hall–Kier alpha value is -0.163. The van der Waals surface area contributed by atoms with Crippen LogP contribution >= 0.6 is 15.9 Å². The fourth-order valence-electron chi connectivity index (χ4n) is 1.78. The van der Waals surface area contributed by atoms with Gasteiger partial charge < -0.3 is 9.53 Å². The third-order valence-electron chi connectivity index (χ3n) is 4.54. The molecule has 1 aromatic carbocycles. The number of hydrogen-bond acceptors (Lipinski definition) is 2. The smallest absolute Gasteiger partial charge is 0.192 e. The minimum atomic E-state index is -1.75. The summed E-state index contributed by atoms with van der Waals surface area (Å²) in [4.78, 5) is 0. The molecule has 20 heavy (non-hydrogen) atoms. The third kappa shape index (κ3) is 3.73. The van der Waals surface area contributed by atoms with Crippen molar-refractivity contribution in [1.82, 2.24) is 0 Å². The van der Waals surface area contributed by atoms with E-state index >= 15 is 0 Å². The predicted molar refractivity (Wildman–Crippen MR) is 91.5 cm³/mol. The molecule has 0 unspecified atom stereocenters. The van der Waals surface area contributed by atoms with Crippen molar-refractivity contribution in [2.45, 2.75) is 66.0 Å². The van der Waals surface area contributed by atoms with Gasteiger partial charge in [0.05, 0.1) is 13.2 Å². The Kier molecular flexibility index (Phi) is 5.64. The number of benzene rings is 1. The number of halogens is 1. The van der Waals surface area contributed by atoms with E-state index in [4.69, 9.17) is 4.43 Å². The summed E-state index contributed by atoms with van der Waals surface area (Å²) in [5.41, 5.74) is 4.45. The van der Waals surface area contributed by atoms with Gasteiger partial charge in [-0.1, -0.05) is 42.8 Å². The minimum Gasteiger partial charge on any atom is -0.413 e. The van der Waals surface area contributed by atoms with Gasteiger partial charge in [-0.05, 0) is 54.2 Å². The Bertz CT molecular complexity index is 490. The summed E-state index contributed by atoms with van der Waals surface area (Å²) in [6.07, 6.45) is 0. The van der Waals surface area contributed by atoms with Crippen molar-refractivity contribution in [3.63, 3.8) is 0 Å². The third-order valence-corrected chi connectivity index (χ3v) is 10.2. The lowest BCUT2D eigenvalue weighted by Crippen LogP contribution is -2.40. The molecule has 0 bridgehead atoms. The van der Waals surface area contributed by atoms with Gasteiger partial charge in [-0.2, -0.15) is 0 Å². The van der Waals surface area contributed by atoms with Crippen molar-refractivity contribution in [2.24, 2.45) is 0 Å². The SMILES string of the molecule is Cc1c(CO)cc(CO[Si](C)(C)C(C)(C)C)c(C)c1Br. The molecule has 4 heteroatoms. The van der Waals surface area contributed by atoms with E-state index in [0.717, 1.165) is 21.2 Å². The van der Waals surface area contributed by atoms with Gasteiger partial charge in [0.1, 0.15) is 0 Å². The number of hydrogen-bond donors (Lipinski definition) is 1. The van der Waals surface area contributed by atoms with Crippen LogP contribution in [0, 0.1) is 13.8 Å². The van der Waals surface area contributed by atoms with Crippen LogP contribution in [-0.2, 0) is 17.6 Å². The molecule has 0 saturated carbocycles. The summed E-state index contributed by atoms with van der Waals surface area (Å²) in [6, 6.07) is 2.07. The zero-order valence-electron chi connectivity index (χ0n) is 13.7. The van der Waals surface area contributed by atoms with Crippen molar-refractivity contribution in [3.05, 3.63) is 32.8 Å². The lowest BCUT2D eigenvalue weighted by atomic mass is 10.0. The normalized spacial score (nSPS) is 12.8. The van der Waals surface area contributed by atoms with Crippen LogP contribution < -0.4 is 0 Å². The molecule has 0 fully saturated rings. The molecule has 0 aliphatic rings. The monoisotopic (exact) mass is 358 g/mol. The Morgan fingerprint density at radius 3 is 2.10 bits per heavy atom. The van der Waals surface area contributed by atoms with Crippen molar-refractivity contribution in [1.29, 1.82) is 0 Å². The second-order valence-electron chi connectivity index (χ2n) is 6.97. The Labute approximate surface area is 132 Å². The largest absolute Gasteiger partial charge is 0.413 e. The second kappa shape index (κ2) is 6.30. The Morgan fingerprint density at radius 1 is 1.15 bits per heavy atom. The van der Waals surface area contributed by atoms with Gasteiger partial charge in [-0.3, -0.25) is 0 Å². The molecular weight excluding hydrogens is 332 g/mol. The van der Waals surface area contributed by atoms with Crippen LogP contribution in [-0.4, -0.2) is 13.4 Å². The molecule has 0 aliphatic carbocycles. The van der Waals surface area contributed by atoms with Gasteiger partial charge in [0, 0.05) is 4.47 Å². The van der Waals surface area contributed by atoms with Crippen LogP contribution in [0.4, 0.5) is 0 Å². The number of aliphatic hydroxyl groups excluding tert-OH is 1. The van der Waals surface area contributed by atoms with Crippen molar-refractivity contribution < 1.29 is 9.53 Å². The van der Waals surface area contributed by atoms with Crippen LogP contribution in [0.15, 0.2) is 10.5 Å². The van der Waals surface area contributed by atoms with Crippen molar-refractivity contribution >= 4 is 24.2 Å². The molecule has 114 valence electrons. The zero-order chi connectivity index (χ0) is 15.7. The van der Waals surface area contributed by atoms with Crippen LogP contribution in [0.3, 0.4) is 0 Å². The van der Waals surface area contributed by atoms with E-state index < -0.39 is 8.32 Å². The predicted octanol–water partition coefficient (Wildman–Crippen LogP) is 5.08. The molecule has 0 aliphatic heterocycles. The molecule has 0 heterocycles. The molecule has 0 amide bonds. The fourth-order valence-corrected chi connectivity index (χ4v) is 3.24. The standard InChI is InChI=1S/C16H27BrO2Si/c1-11-13(9-18)8-14(12(2)15(11)17)10-19-20(6,7)16(3,4)5/h8,18H,9-10H2,1-7H3. The van der Waals surface area contributed by atoms with E-state index in [1.165, 1.54) is 5.56 Å². The van der Waals surface area contributed by atoms with Crippen LogP contribution in [0.25, 0.3) is 0 Å². The number of rotatable bonds is 4. The van der Waals surface area contributed by atoms with Gasteiger partial charge in [0.2, 0.25) is 0 Å². The first-order valence-electron chi connectivity index (χ1n) is 7.03. The highest BCUT2D eigenvalue weighted by atomic mass is 79.9. The van der Waals surface area contributed by atoms with E-state index in [0.29, 0.717) is 6.61 Å². The summed E-state index contributed by atoms with van der Waals surface area (Å²) < 4.78 is 7.37. The molecular formula is C16H27BrO2Si. The molecule has 1 aromatic rings. The van der Waals surface area contributed by atoms with E-state index in [1.807, 2.05) is 6.92 Å². The van der Waals surface area contributed by atoms with Crippen LogP contribution in [0.1, 0.15) is 43.0 Å². The molecule has 1 N–H and O–H groups in total. The minimum absolute atomic E-state index is 0.0673. The van der Waals surface area contributed by atoms with E-state index in [1.54, 1.807) is 0 Å². The molecule has 0 atom stereocenters. The maximum absolute atomic E-state index is 9.46. The molecule has 0 spiro atoms. The highest BCUT2D eigenvalue weighted by Crippen LogP contribution is 2.37. The van der Waals surface area contributed by atoms with Crippen LogP contribution in [0.5, 0.6) is 0 Å². The average molecular weight is 359 g/mol. The highest BCUT2D eigenvalue weighted by molar-refractivity contribution is 9.10. The lowest BCUT2D eigenvalue weighted by Gasteiger charge is -2.36. The van der Waals surface area contributed by atoms with Gasteiger partial charge in [-0.25, -0.2) is 0 Å². The molecule has 0 aromatic heterocycles. The van der Waals surface area contributed by atoms with Gasteiger partial charge >= 0.3 is 0 Å². The first-order valence-corrected chi connectivity index (χ1v) is 10.7. The van der Waals surface area contributed by atoms with Gasteiger partial charge in [0.25, 0.3) is 0 Å². The van der Waals surface area contributed by atoms with Crippen LogP contribution in [0.2, 0.25) is 18.1 Å². The van der Waals surface area contributed by atoms with E-state index in [9.17, 15) is 5.11 Å². The molecule has 1 rings (SSSR count). The fraction of sp³-hybridized carbons (Fsp3) is 0.625. The number of aliphatic hydroxyl groups is 1. The van der Waals surface area contributed by atoms with E-state index in [2.05, 4.69) is 62.8 Å². The summed E-state index contributed by atoms with van der Waals surface area (Å²) >= 11 is 3.63. The highest BCUT2D eigenvalue weighted by Gasteiger charge is 2.37. The molecule has 0 saturated heterocycles. The van der Waals surface area contributed by atoms with Crippen molar-refractivity contribution in [2.75, 3.05) is 0 Å². The maximum Gasteiger partial charge on any atom is 0.192 e. The quantitative estimate of drug-likeness (QED) is 0.760. The zero-order valence-corrected chi connectivity index (χ0v) is 16.3. The summed E-state index contributed by atoms with van der Waals surface area (Å²) in [5.74, 6) is 0. The first-order chi connectivity index (χ1) is 9.01. The summed E-state index contributed by atoms with van der Waals surface area (Å²) in [7, 11) is -1.75. The molecule has 0 radical (unpaired) electrons.